The first-order chi connectivity index (χ1) is 12.1. The molecule has 0 bridgehead atoms. The number of halogens is 2. The minimum absolute atomic E-state index is 0.0463. The number of hydrogen-bond acceptors (Lipinski definition) is 4. The van der Waals surface area contributed by atoms with E-state index in [2.05, 4.69) is 5.10 Å². The topological polar surface area (TPSA) is 51.3 Å². The maximum absolute atomic E-state index is 14.2. The van der Waals surface area contributed by atoms with Crippen LogP contribution in [0.4, 0.5) is 14.5 Å². The Morgan fingerprint density at radius 1 is 1.16 bits per heavy atom. The number of rotatable bonds is 3. The summed E-state index contributed by atoms with van der Waals surface area (Å²) in [6.07, 6.45) is 1.34. The van der Waals surface area contributed by atoms with Gasteiger partial charge in [-0.1, -0.05) is 18.2 Å². The van der Waals surface area contributed by atoms with Crippen LogP contribution in [0.2, 0.25) is 0 Å². The molecule has 2 heterocycles. The molecule has 0 N–H and O–H groups in total. The second-order valence-electron chi connectivity index (χ2n) is 5.94. The molecule has 0 spiro atoms. The van der Waals surface area contributed by atoms with E-state index in [1.54, 1.807) is 17.0 Å². The van der Waals surface area contributed by atoms with Crippen LogP contribution in [0.15, 0.2) is 51.7 Å². The fraction of sp³-hybridized carbons (Fsp3) is 0.222. The van der Waals surface area contributed by atoms with E-state index >= 15 is 0 Å². The molecule has 1 aromatic heterocycles. The fourth-order valence-corrected chi connectivity index (χ4v) is 3.13. The molecular formula is C18H15F2N3O2. The van der Waals surface area contributed by atoms with Crippen LogP contribution >= 0.6 is 0 Å². The zero-order valence-electron chi connectivity index (χ0n) is 13.3. The van der Waals surface area contributed by atoms with E-state index in [-0.39, 0.29) is 12.6 Å². The number of aryl methyl sites for hydroxylation is 1. The standard InChI is InChI=1S/C18H15F2N3O2/c19-14-9-13-7-4-8-22(16(13)15(20)10-14)11-23-18(24)25-17(21-23)12-5-2-1-3-6-12/h1-3,5-6,9-10H,4,7-8,11H2. The lowest BCUT2D eigenvalue weighted by molar-refractivity contribution is 0.463. The van der Waals surface area contributed by atoms with Gasteiger partial charge in [-0.15, -0.1) is 5.10 Å². The van der Waals surface area contributed by atoms with E-state index in [0.717, 1.165) is 17.2 Å². The van der Waals surface area contributed by atoms with Gasteiger partial charge in [0, 0.05) is 18.2 Å². The van der Waals surface area contributed by atoms with Crippen molar-refractivity contribution in [2.45, 2.75) is 19.5 Å². The van der Waals surface area contributed by atoms with E-state index in [1.165, 1.54) is 6.07 Å². The number of hydrogen-bond donors (Lipinski definition) is 0. The third-order valence-electron chi connectivity index (χ3n) is 4.23. The highest BCUT2D eigenvalue weighted by Gasteiger charge is 2.23. The highest BCUT2D eigenvalue weighted by atomic mass is 19.1. The van der Waals surface area contributed by atoms with Gasteiger partial charge < -0.3 is 9.32 Å². The molecule has 0 fully saturated rings. The van der Waals surface area contributed by atoms with E-state index in [9.17, 15) is 13.6 Å². The molecule has 2 aromatic carbocycles. The average Bonchev–Trinajstić information content (AvgIpc) is 2.96. The van der Waals surface area contributed by atoms with Gasteiger partial charge in [-0.25, -0.2) is 13.6 Å². The van der Waals surface area contributed by atoms with E-state index < -0.39 is 17.4 Å². The van der Waals surface area contributed by atoms with Gasteiger partial charge in [0.2, 0.25) is 5.89 Å². The van der Waals surface area contributed by atoms with Crippen LogP contribution in [0, 0.1) is 11.6 Å². The van der Waals surface area contributed by atoms with Gasteiger partial charge >= 0.3 is 5.76 Å². The number of fused-ring (bicyclic) bond motifs is 1. The Balaban J connectivity index is 1.67. The van der Waals surface area contributed by atoms with Crippen molar-refractivity contribution in [3.05, 3.63) is 70.2 Å². The Hall–Kier alpha value is -2.96. The van der Waals surface area contributed by atoms with Crippen LogP contribution < -0.4 is 10.7 Å². The van der Waals surface area contributed by atoms with Crippen molar-refractivity contribution in [2.75, 3.05) is 11.4 Å². The average molecular weight is 343 g/mol. The van der Waals surface area contributed by atoms with Gasteiger partial charge in [-0.3, -0.25) is 0 Å². The van der Waals surface area contributed by atoms with Gasteiger partial charge in [0.1, 0.15) is 18.3 Å². The molecule has 5 nitrogen and oxygen atoms in total. The van der Waals surface area contributed by atoms with E-state index in [0.29, 0.717) is 29.8 Å². The predicted molar refractivity (Wildman–Crippen MR) is 88.2 cm³/mol. The third-order valence-corrected chi connectivity index (χ3v) is 4.23. The van der Waals surface area contributed by atoms with Crippen LogP contribution in [0.1, 0.15) is 12.0 Å². The summed E-state index contributed by atoms with van der Waals surface area (Å²) in [4.78, 5) is 13.8. The zero-order valence-corrected chi connectivity index (χ0v) is 13.3. The second kappa shape index (κ2) is 6.16. The van der Waals surface area contributed by atoms with Crippen LogP contribution in [-0.4, -0.2) is 16.3 Å². The number of aromatic nitrogens is 2. The predicted octanol–water partition coefficient (Wildman–Crippen LogP) is 3.19. The molecule has 0 unspecified atom stereocenters. The molecule has 0 amide bonds. The highest BCUT2D eigenvalue weighted by molar-refractivity contribution is 5.56. The maximum Gasteiger partial charge on any atom is 0.439 e. The molecule has 0 atom stereocenters. The Morgan fingerprint density at radius 3 is 2.76 bits per heavy atom. The van der Waals surface area contributed by atoms with Crippen molar-refractivity contribution in [3.63, 3.8) is 0 Å². The Kier molecular flexibility index (Phi) is 3.83. The minimum atomic E-state index is -0.630. The zero-order chi connectivity index (χ0) is 17.4. The quantitative estimate of drug-likeness (QED) is 0.733. The second-order valence-corrected chi connectivity index (χ2v) is 5.94. The van der Waals surface area contributed by atoms with E-state index in [1.807, 2.05) is 18.2 Å². The maximum atomic E-state index is 14.2. The van der Waals surface area contributed by atoms with Crippen LogP contribution in [0.5, 0.6) is 0 Å². The van der Waals surface area contributed by atoms with Crippen molar-refractivity contribution < 1.29 is 13.2 Å². The smallest absolute Gasteiger partial charge is 0.388 e. The molecule has 4 rings (SSSR count). The molecule has 3 aromatic rings. The summed E-state index contributed by atoms with van der Waals surface area (Å²) in [6, 6.07) is 11.3. The first kappa shape index (κ1) is 15.6. The minimum Gasteiger partial charge on any atom is -0.388 e. The largest absolute Gasteiger partial charge is 0.439 e. The molecule has 128 valence electrons. The van der Waals surface area contributed by atoms with Crippen LogP contribution in [-0.2, 0) is 13.1 Å². The third kappa shape index (κ3) is 2.93. The lowest BCUT2D eigenvalue weighted by atomic mass is 10.0. The Labute approximate surface area is 142 Å². The first-order valence-electron chi connectivity index (χ1n) is 7.98. The van der Waals surface area contributed by atoms with E-state index in [4.69, 9.17) is 4.42 Å². The van der Waals surface area contributed by atoms with Crippen molar-refractivity contribution in [2.24, 2.45) is 0 Å². The molecule has 0 aliphatic carbocycles. The van der Waals surface area contributed by atoms with Crippen LogP contribution in [0.25, 0.3) is 11.5 Å². The summed E-state index contributed by atoms with van der Waals surface area (Å²) in [5.41, 5.74) is 1.61. The molecule has 0 saturated heterocycles. The molecule has 0 saturated carbocycles. The van der Waals surface area contributed by atoms with Gasteiger partial charge in [0.15, 0.2) is 0 Å². The van der Waals surface area contributed by atoms with Crippen LogP contribution in [0.3, 0.4) is 0 Å². The Morgan fingerprint density at radius 2 is 1.96 bits per heavy atom. The summed E-state index contributed by atoms with van der Waals surface area (Å²) in [5.74, 6) is -1.63. The summed E-state index contributed by atoms with van der Waals surface area (Å²) in [7, 11) is 0. The summed E-state index contributed by atoms with van der Waals surface area (Å²) < 4.78 is 34.0. The monoisotopic (exact) mass is 343 g/mol. The first-order valence-corrected chi connectivity index (χ1v) is 7.98. The molecule has 1 aliphatic heterocycles. The number of anilines is 1. The molecule has 7 heteroatoms. The summed E-state index contributed by atoms with van der Waals surface area (Å²) in [5, 5.41) is 4.19. The lowest BCUT2D eigenvalue weighted by Crippen LogP contribution is -2.35. The molecule has 25 heavy (non-hydrogen) atoms. The van der Waals surface area contributed by atoms with Crippen molar-refractivity contribution in [3.8, 4) is 11.5 Å². The number of nitrogens with zero attached hydrogens (tertiary/aromatic N) is 3. The molecule has 1 aliphatic rings. The van der Waals surface area contributed by atoms with Crippen molar-refractivity contribution >= 4 is 5.69 Å². The highest BCUT2D eigenvalue weighted by Crippen LogP contribution is 2.31. The SMILES string of the molecule is O=c1oc(-c2ccccc2)nn1CN1CCCc2cc(F)cc(F)c21. The summed E-state index contributed by atoms with van der Waals surface area (Å²) >= 11 is 0. The summed E-state index contributed by atoms with van der Waals surface area (Å²) in [6.45, 7) is 0.597. The van der Waals surface area contributed by atoms with Crippen molar-refractivity contribution in [1.29, 1.82) is 0 Å². The normalized spacial score (nSPS) is 13.8. The van der Waals surface area contributed by atoms with Gasteiger partial charge in [-0.2, -0.15) is 4.68 Å². The van der Waals surface area contributed by atoms with Gasteiger partial charge in [0.05, 0.1) is 5.69 Å². The fourth-order valence-electron chi connectivity index (χ4n) is 3.13. The lowest BCUT2D eigenvalue weighted by Gasteiger charge is -2.30. The molecule has 0 radical (unpaired) electrons. The molecular weight excluding hydrogens is 328 g/mol. The van der Waals surface area contributed by atoms with Gasteiger partial charge in [-0.05, 0) is 36.6 Å². The van der Waals surface area contributed by atoms with Gasteiger partial charge in [0.25, 0.3) is 0 Å². The van der Waals surface area contributed by atoms with Crippen molar-refractivity contribution in [1.82, 2.24) is 9.78 Å². The Bertz CT molecular complexity index is 966. The number of benzene rings is 2.